The number of ether oxygens (including phenoxy) is 1. The summed E-state index contributed by atoms with van der Waals surface area (Å²) in [6, 6.07) is 17.2. The molecule has 2 amide bonds. The van der Waals surface area contributed by atoms with Gasteiger partial charge in [0.25, 0.3) is 17.5 Å². The van der Waals surface area contributed by atoms with Crippen LogP contribution in [0.4, 0.5) is 15.8 Å². The molecule has 0 saturated carbocycles. The number of nitrogens with zero attached hydrogens (tertiary/aromatic N) is 2. The maximum absolute atomic E-state index is 12.9. The monoisotopic (exact) mass is 436 g/mol. The third-order valence-corrected chi connectivity index (χ3v) is 4.08. The molecule has 0 aliphatic rings. The van der Waals surface area contributed by atoms with Crippen molar-refractivity contribution in [2.75, 3.05) is 11.9 Å². The molecule has 2 N–H and O–H groups in total. The lowest BCUT2D eigenvalue weighted by Gasteiger charge is -2.07. The van der Waals surface area contributed by atoms with Gasteiger partial charge in [0.05, 0.1) is 11.1 Å². The number of halogens is 1. The van der Waals surface area contributed by atoms with Crippen molar-refractivity contribution < 1.29 is 23.6 Å². The van der Waals surface area contributed by atoms with E-state index in [2.05, 4.69) is 15.8 Å². The molecule has 9 nitrogen and oxygen atoms in total. The number of anilines is 1. The quantitative estimate of drug-likeness (QED) is 0.318. The number of nitrogens with one attached hydrogen (secondary N) is 2. The van der Waals surface area contributed by atoms with Crippen molar-refractivity contribution in [1.29, 1.82) is 0 Å². The SMILES string of the molecule is O=C(COc1ccc(/C=N\NC(=O)c2cccc([N+](=O)[O-])c2)cc1)Nc1ccc(F)cc1. The molecule has 0 saturated heterocycles. The molecule has 0 aliphatic carbocycles. The smallest absolute Gasteiger partial charge is 0.271 e. The normalized spacial score (nSPS) is 10.5. The number of hydrazone groups is 1. The van der Waals surface area contributed by atoms with Crippen molar-refractivity contribution in [2.45, 2.75) is 0 Å². The summed E-state index contributed by atoms with van der Waals surface area (Å²) in [5, 5.41) is 17.2. The van der Waals surface area contributed by atoms with Crippen molar-refractivity contribution in [3.05, 3.63) is 99.9 Å². The predicted molar refractivity (Wildman–Crippen MR) is 115 cm³/mol. The second-order valence-electron chi connectivity index (χ2n) is 6.42. The predicted octanol–water partition coefficient (Wildman–Crippen LogP) is 3.52. The second-order valence-corrected chi connectivity index (χ2v) is 6.42. The summed E-state index contributed by atoms with van der Waals surface area (Å²) in [5.41, 5.74) is 3.32. The first-order valence-electron chi connectivity index (χ1n) is 9.27. The van der Waals surface area contributed by atoms with Crippen molar-refractivity contribution in [3.63, 3.8) is 0 Å². The van der Waals surface area contributed by atoms with Gasteiger partial charge < -0.3 is 10.1 Å². The fraction of sp³-hybridized carbons (Fsp3) is 0.0455. The maximum atomic E-state index is 12.9. The molecule has 0 heterocycles. The number of hydrogen-bond acceptors (Lipinski definition) is 6. The summed E-state index contributed by atoms with van der Waals surface area (Å²) < 4.78 is 18.3. The van der Waals surface area contributed by atoms with Gasteiger partial charge in [-0.15, -0.1) is 0 Å². The van der Waals surface area contributed by atoms with Gasteiger partial charge in [-0.05, 0) is 60.2 Å². The van der Waals surface area contributed by atoms with Crippen LogP contribution in [0.2, 0.25) is 0 Å². The molecule has 0 aromatic heterocycles. The highest BCUT2D eigenvalue weighted by molar-refractivity contribution is 5.95. The van der Waals surface area contributed by atoms with Crippen LogP contribution in [0.5, 0.6) is 5.75 Å². The minimum absolute atomic E-state index is 0.110. The van der Waals surface area contributed by atoms with Gasteiger partial charge in [0.1, 0.15) is 11.6 Å². The number of rotatable bonds is 8. The number of benzene rings is 3. The standard InChI is InChI=1S/C22H17FN4O5/c23-17-6-8-18(9-7-17)25-21(28)14-32-20-10-4-15(5-11-20)13-24-26-22(29)16-2-1-3-19(12-16)27(30)31/h1-13H,14H2,(H,25,28)(H,26,29)/b24-13-. The van der Waals surface area contributed by atoms with Gasteiger partial charge in [-0.1, -0.05) is 6.07 Å². The van der Waals surface area contributed by atoms with Crippen LogP contribution in [0.3, 0.4) is 0 Å². The highest BCUT2D eigenvalue weighted by atomic mass is 19.1. The Bertz CT molecular complexity index is 1150. The molecule has 3 rings (SSSR count). The minimum atomic E-state index is -0.587. The molecule has 10 heteroatoms. The summed E-state index contributed by atoms with van der Waals surface area (Å²) in [7, 11) is 0. The molecule has 32 heavy (non-hydrogen) atoms. The van der Waals surface area contributed by atoms with Gasteiger partial charge >= 0.3 is 0 Å². The molecule has 0 bridgehead atoms. The summed E-state index contributed by atoms with van der Waals surface area (Å²) >= 11 is 0. The topological polar surface area (TPSA) is 123 Å². The Kier molecular flexibility index (Phi) is 7.20. The number of nitro benzene ring substituents is 1. The average Bonchev–Trinajstić information content (AvgIpc) is 2.80. The van der Waals surface area contributed by atoms with E-state index in [1.165, 1.54) is 48.7 Å². The van der Waals surface area contributed by atoms with Crippen molar-refractivity contribution in [3.8, 4) is 5.75 Å². The Hall–Kier alpha value is -4.60. The Labute approximate surface area is 181 Å². The molecule has 0 atom stereocenters. The first-order valence-corrected chi connectivity index (χ1v) is 9.27. The molecule has 0 spiro atoms. The molecule has 0 radical (unpaired) electrons. The lowest BCUT2D eigenvalue weighted by atomic mass is 10.2. The van der Waals surface area contributed by atoms with Crippen LogP contribution < -0.4 is 15.5 Å². The molecule has 3 aromatic rings. The van der Waals surface area contributed by atoms with E-state index in [1.807, 2.05) is 0 Å². The molecule has 3 aromatic carbocycles. The van der Waals surface area contributed by atoms with Crippen LogP contribution in [-0.2, 0) is 4.79 Å². The largest absolute Gasteiger partial charge is 0.484 e. The van der Waals surface area contributed by atoms with Crippen molar-refractivity contribution in [1.82, 2.24) is 5.43 Å². The Morgan fingerprint density at radius 1 is 1.06 bits per heavy atom. The van der Waals surface area contributed by atoms with Crippen LogP contribution in [0, 0.1) is 15.9 Å². The second kappa shape index (κ2) is 10.4. The van der Waals surface area contributed by atoms with E-state index in [0.29, 0.717) is 17.0 Å². The lowest BCUT2D eigenvalue weighted by Crippen LogP contribution is -2.20. The molecule has 162 valence electrons. The first kappa shape index (κ1) is 22.1. The van der Waals surface area contributed by atoms with Gasteiger partial charge in [-0.2, -0.15) is 5.10 Å². The van der Waals surface area contributed by atoms with Gasteiger partial charge in [-0.25, -0.2) is 9.82 Å². The van der Waals surface area contributed by atoms with Gasteiger partial charge in [0.2, 0.25) is 0 Å². The maximum Gasteiger partial charge on any atom is 0.271 e. The Balaban J connectivity index is 1.47. The highest BCUT2D eigenvalue weighted by Crippen LogP contribution is 2.14. The van der Waals surface area contributed by atoms with Crippen LogP contribution in [0.15, 0.2) is 77.9 Å². The van der Waals surface area contributed by atoms with E-state index in [-0.39, 0.29) is 17.9 Å². The van der Waals surface area contributed by atoms with E-state index >= 15 is 0 Å². The molecule has 0 fully saturated rings. The summed E-state index contributed by atoms with van der Waals surface area (Å²) in [6.45, 7) is -0.232. The Morgan fingerprint density at radius 3 is 2.47 bits per heavy atom. The lowest BCUT2D eigenvalue weighted by molar-refractivity contribution is -0.384. The van der Waals surface area contributed by atoms with Crippen LogP contribution in [0.25, 0.3) is 0 Å². The van der Waals surface area contributed by atoms with Gasteiger partial charge in [0.15, 0.2) is 6.61 Å². The fourth-order valence-corrected chi connectivity index (χ4v) is 2.52. The van der Waals surface area contributed by atoms with Gasteiger partial charge in [0, 0.05) is 23.4 Å². The van der Waals surface area contributed by atoms with E-state index in [1.54, 1.807) is 24.3 Å². The number of carbonyl (C=O) groups excluding carboxylic acids is 2. The molecule has 0 aliphatic heterocycles. The fourth-order valence-electron chi connectivity index (χ4n) is 2.52. The minimum Gasteiger partial charge on any atom is -0.484 e. The van der Waals surface area contributed by atoms with Gasteiger partial charge in [-0.3, -0.25) is 19.7 Å². The number of amides is 2. The molecular formula is C22H17FN4O5. The van der Waals surface area contributed by atoms with Crippen LogP contribution in [0.1, 0.15) is 15.9 Å². The zero-order valence-corrected chi connectivity index (χ0v) is 16.5. The van der Waals surface area contributed by atoms with Crippen LogP contribution >= 0.6 is 0 Å². The third-order valence-electron chi connectivity index (χ3n) is 4.08. The summed E-state index contributed by atoms with van der Waals surface area (Å²) in [6.07, 6.45) is 1.39. The van der Waals surface area contributed by atoms with E-state index < -0.39 is 22.6 Å². The Morgan fingerprint density at radius 2 is 1.78 bits per heavy atom. The molecular weight excluding hydrogens is 419 g/mol. The van der Waals surface area contributed by atoms with E-state index in [0.717, 1.165) is 6.07 Å². The summed E-state index contributed by atoms with van der Waals surface area (Å²) in [4.78, 5) is 34.1. The summed E-state index contributed by atoms with van der Waals surface area (Å²) in [5.74, 6) is -0.938. The zero-order valence-electron chi connectivity index (χ0n) is 16.5. The number of nitro groups is 1. The van der Waals surface area contributed by atoms with Crippen LogP contribution in [-0.4, -0.2) is 29.6 Å². The van der Waals surface area contributed by atoms with E-state index in [4.69, 9.17) is 4.74 Å². The van der Waals surface area contributed by atoms with Crippen molar-refractivity contribution in [2.24, 2.45) is 5.10 Å². The average molecular weight is 436 g/mol. The number of hydrogen-bond donors (Lipinski definition) is 2. The van der Waals surface area contributed by atoms with Crippen molar-refractivity contribution >= 4 is 29.4 Å². The number of non-ortho nitro benzene ring substituents is 1. The zero-order chi connectivity index (χ0) is 22.9. The highest BCUT2D eigenvalue weighted by Gasteiger charge is 2.10. The first-order chi connectivity index (χ1) is 15.4. The van der Waals surface area contributed by atoms with E-state index in [9.17, 15) is 24.1 Å². The molecule has 0 unspecified atom stereocenters. The number of carbonyl (C=O) groups is 2. The third kappa shape index (κ3) is 6.46.